The molecule has 0 spiro atoms. The zero-order valence-corrected chi connectivity index (χ0v) is 18.9. The lowest BCUT2D eigenvalue weighted by Crippen LogP contribution is -2.32. The molecule has 6 heteroatoms. The summed E-state index contributed by atoms with van der Waals surface area (Å²) in [6.07, 6.45) is 0. The Labute approximate surface area is 187 Å². The Morgan fingerprint density at radius 3 is 2.06 bits per heavy atom. The highest BCUT2D eigenvalue weighted by Crippen LogP contribution is 2.24. The van der Waals surface area contributed by atoms with Gasteiger partial charge in [0, 0.05) is 49.0 Å². The van der Waals surface area contributed by atoms with E-state index in [0.717, 1.165) is 33.5 Å². The van der Waals surface area contributed by atoms with Crippen LogP contribution in [0.5, 0.6) is 0 Å². The van der Waals surface area contributed by atoms with E-state index in [1.165, 1.54) is 5.39 Å². The summed E-state index contributed by atoms with van der Waals surface area (Å²) in [5, 5.41) is 6.85. The Balaban J connectivity index is 1.55. The Bertz CT molecular complexity index is 1430. The summed E-state index contributed by atoms with van der Waals surface area (Å²) < 4.78 is 6.00. The van der Waals surface area contributed by atoms with Crippen LogP contribution in [0.2, 0.25) is 0 Å². The molecule has 1 amide bonds. The fourth-order valence-electron chi connectivity index (χ4n) is 4.46. The normalized spacial score (nSPS) is 11.5. The average Bonchev–Trinajstić information content (AvgIpc) is 3.41. The Morgan fingerprint density at radius 2 is 1.47 bits per heavy atom. The van der Waals surface area contributed by atoms with E-state index in [1.807, 2.05) is 83.7 Å². The molecule has 0 aliphatic rings. The minimum absolute atomic E-state index is 0.00253. The number of rotatable bonds is 5. The van der Waals surface area contributed by atoms with Crippen LogP contribution in [0.3, 0.4) is 0 Å². The first kappa shape index (κ1) is 20.1. The topological polar surface area (TPSA) is 48.0 Å². The largest absolute Gasteiger partial charge is 0.346 e. The number of fused-ring (bicyclic) bond motifs is 2. The molecule has 0 saturated heterocycles. The first-order valence-corrected chi connectivity index (χ1v) is 10.8. The second kappa shape index (κ2) is 7.71. The van der Waals surface area contributed by atoms with Crippen LogP contribution in [-0.2, 0) is 34.2 Å². The fraction of sp³-hybridized carbons (Fsp3) is 0.231. The predicted octanol–water partition coefficient (Wildman–Crippen LogP) is 4.55. The number of carbonyl (C=O) groups is 1. The number of nitrogens with zero attached hydrogens (tertiary/aromatic N) is 5. The van der Waals surface area contributed by atoms with Gasteiger partial charge in [0.2, 0.25) is 0 Å². The van der Waals surface area contributed by atoms with Crippen LogP contribution < -0.4 is 0 Å². The minimum Gasteiger partial charge on any atom is -0.346 e. The van der Waals surface area contributed by atoms with Gasteiger partial charge in [0.15, 0.2) is 0 Å². The maximum absolute atomic E-state index is 13.8. The molecule has 0 aliphatic carbocycles. The van der Waals surface area contributed by atoms with Crippen molar-refractivity contribution in [3.63, 3.8) is 0 Å². The van der Waals surface area contributed by atoms with Crippen molar-refractivity contribution >= 4 is 27.7 Å². The quantitative estimate of drug-likeness (QED) is 0.415. The van der Waals surface area contributed by atoms with E-state index in [1.54, 1.807) is 0 Å². The second-order valence-electron chi connectivity index (χ2n) is 8.46. The number of hydrogen-bond donors (Lipinski definition) is 0. The van der Waals surface area contributed by atoms with Gasteiger partial charge in [0.05, 0.1) is 18.8 Å². The standard InChI is InChI=1S/C26H27N5O/c1-18-13-21(27-30(18)4)16-31(17-22-14-19-9-5-7-11-23(19)28(22)2)26(32)25-15-20-10-6-8-12-24(20)29(25)3/h5-15H,16-17H2,1-4H3. The molecular formula is C26H27N5O. The lowest BCUT2D eigenvalue weighted by atomic mass is 10.2. The van der Waals surface area contributed by atoms with Gasteiger partial charge < -0.3 is 14.0 Å². The highest BCUT2D eigenvalue weighted by molar-refractivity contribution is 5.98. The molecule has 0 radical (unpaired) electrons. The van der Waals surface area contributed by atoms with E-state index >= 15 is 0 Å². The zero-order valence-electron chi connectivity index (χ0n) is 18.9. The lowest BCUT2D eigenvalue weighted by molar-refractivity contribution is 0.0715. The van der Waals surface area contributed by atoms with Crippen LogP contribution in [0, 0.1) is 6.92 Å². The van der Waals surface area contributed by atoms with Gasteiger partial charge in [-0.3, -0.25) is 9.48 Å². The molecule has 0 bridgehead atoms. The molecule has 32 heavy (non-hydrogen) atoms. The van der Waals surface area contributed by atoms with Crippen LogP contribution in [0.4, 0.5) is 0 Å². The van der Waals surface area contributed by atoms with Gasteiger partial charge in [-0.2, -0.15) is 5.10 Å². The summed E-state index contributed by atoms with van der Waals surface area (Å²) in [6, 6.07) is 22.6. The van der Waals surface area contributed by atoms with Gasteiger partial charge in [0.1, 0.15) is 5.69 Å². The van der Waals surface area contributed by atoms with E-state index < -0.39 is 0 Å². The van der Waals surface area contributed by atoms with Crippen LogP contribution in [-0.4, -0.2) is 29.7 Å². The van der Waals surface area contributed by atoms with Crippen molar-refractivity contribution in [3.05, 3.63) is 89.5 Å². The number of amides is 1. The molecule has 2 aromatic carbocycles. The third-order valence-electron chi connectivity index (χ3n) is 6.38. The van der Waals surface area contributed by atoms with Crippen molar-refractivity contribution in [1.29, 1.82) is 0 Å². The number of aryl methyl sites for hydroxylation is 4. The number of aromatic nitrogens is 4. The van der Waals surface area contributed by atoms with E-state index in [9.17, 15) is 4.79 Å². The minimum atomic E-state index is -0.00253. The summed E-state index contributed by atoms with van der Waals surface area (Å²) in [5.74, 6) is -0.00253. The predicted molar refractivity (Wildman–Crippen MR) is 127 cm³/mol. The highest BCUT2D eigenvalue weighted by atomic mass is 16.2. The number of benzene rings is 2. The number of para-hydroxylation sites is 2. The monoisotopic (exact) mass is 425 g/mol. The maximum atomic E-state index is 13.8. The number of carbonyl (C=O) groups excluding carboxylic acids is 1. The summed E-state index contributed by atoms with van der Waals surface area (Å²) in [4.78, 5) is 15.7. The van der Waals surface area contributed by atoms with Gasteiger partial charge in [0.25, 0.3) is 5.91 Å². The van der Waals surface area contributed by atoms with Crippen molar-refractivity contribution < 1.29 is 4.79 Å². The summed E-state index contributed by atoms with van der Waals surface area (Å²) in [7, 11) is 5.94. The summed E-state index contributed by atoms with van der Waals surface area (Å²) in [5.41, 5.74) is 5.93. The van der Waals surface area contributed by atoms with E-state index in [-0.39, 0.29) is 5.91 Å². The third kappa shape index (κ3) is 3.38. The van der Waals surface area contributed by atoms with Gasteiger partial charge >= 0.3 is 0 Å². The highest BCUT2D eigenvalue weighted by Gasteiger charge is 2.23. The van der Waals surface area contributed by atoms with Crippen LogP contribution in [0.15, 0.2) is 66.7 Å². The van der Waals surface area contributed by atoms with Gasteiger partial charge in [-0.1, -0.05) is 36.4 Å². The third-order valence-corrected chi connectivity index (χ3v) is 6.38. The fourth-order valence-corrected chi connectivity index (χ4v) is 4.46. The molecule has 3 heterocycles. The van der Waals surface area contributed by atoms with Crippen molar-refractivity contribution in [1.82, 2.24) is 23.8 Å². The van der Waals surface area contributed by atoms with E-state index in [0.29, 0.717) is 18.8 Å². The Morgan fingerprint density at radius 1 is 0.844 bits per heavy atom. The zero-order chi connectivity index (χ0) is 22.4. The molecule has 0 saturated carbocycles. The number of hydrogen-bond acceptors (Lipinski definition) is 2. The molecule has 5 rings (SSSR count). The van der Waals surface area contributed by atoms with Crippen molar-refractivity contribution in [2.75, 3.05) is 0 Å². The van der Waals surface area contributed by atoms with Crippen molar-refractivity contribution in [3.8, 4) is 0 Å². The molecule has 0 unspecified atom stereocenters. The van der Waals surface area contributed by atoms with E-state index in [4.69, 9.17) is 0 Å². The van der Waals surface area contributed by atoms with Crippen molar-refractivity contribution in [2.45, 2.75) is 20.0 Å². The molecule has 0 N–H and O–H groups in total. The lowest BCUT2D eigenvalue weighted by Gasteiger charge is -2.22. The molecule has 3 aromatic heterocycles. The van der Waals surface area contributed by atoms with Crippen LogP contribution in [0.1, 0.15) is 27.6 Å². The molecule has 6 nitrogen and oxygen atoms in total. The molecule has 162 valence electrons. The van der Waals surface area contributed by atoms with Crippen LogP contribution in [0.25, 0.3) is 21.8 Å². The Kier molecular flexibility index (Phi) is 4.85. The molecule has 0 fully saturated rings. The SMILES string of the molecule is Cc1cc(CN(Cc2cc3ccccc3n2C)C(=O)c2cc3ccccc3n2C)nn1C. The van der Waals surface area contributed by atoms with E-state index in [2.05, 4.69) is 34.9 Å². The molecule has 5 aromatic rings. The molecular weight excluding hydrogens is 398 g/mol. The summed E-state index contributed by atoms with van der Waals surface area (Å²) in [6.45, 7) is 2.97. The molecule has 0 aliphatic heterocycles. The first-order valence-electron chi connectivity index (χ1n) is 10.8. The Hall–Kier alpha value is -3.80. The van der Waals surface area contributed by atoms with Gasteiger partial charge in [-0.05, 0) is 42.6 Å². The second-order valence-corrected chi connectivity index (χ2v) is 8.46. The smallest absolute Gasteiger partial charge is 0.271 e. The van der Waals surface area contributed by atoms with Gasteiger partial charge in [-0.15, -0.1) is 0 Å². The maximum Gasteiger partial charge on any atom is 0.271 e. The average molecular weight is 426 g/mol. The first-order chi connectivity index (χ1) is 15.4. The van der Waals surface area contributed by atoms with Crippen molar-refractivity contribution in [2.24, 2.45) is 21.1 Å². The summed E-state index contributed by atoms with van der Waals surface area (Å²) >= 11 is 0. The van der Waals surface area contributed by atoms with Crippen LogP contribution >= 0.6 is 0 Å². The molecule has 0 atom stereocenters. The van der Waals surface area contributed by atoms with Gasteiger partial charge in [-0.25, -0.2) is 0 Å².